The van der Waals surface area contributed by atoms with Crippen molar-refractivity contribution in [2.24, 2.45) is 0 Å². The average Bonchev–Trinajstić information content (AvgIpc) is 2.81. The van der Waals surface area contributed by atoms with Gasteiger partial charge in [0.15, 0.2) is 11.6 Å². The predicted molar refractivity (Wildman–Crippen MR) is 159 cm³/mol. The molecular formula is C28H18Br4N2O2. The fraction of sp³-hybridized carbons (Fsp3) is 0.0714. The summed E-state index contributed by atoms with van der Waals surface area (Å²) in [6, 6.07) is 18.6. The second-order valence-corrected chi connectivity index (χ2v) is 12.0. The average molecular weight is 734 g/mol. The number of hydrogen-bond donors (Lipinski definition) is 2. The molecule has 0 saturated carbocycles. The Balaban J connectivity index is 1.60. The number of carbonyl (C=O) groups excluding carboxylic acids is 2. The lowest BCUT2D eigenvalue weighted by atomic mass is 9.82. The summed E-state index contributed by atoms with van der Waals surface area (Å²) in [5, 5.41) is 6.71. The van der Waals surface area contributed by atoms with Crippen LogP contribution in [0.15, 0.2) is 78.6 Å². The molecule has 0 heterocycles. The predicted octanol–water partition coefficient (Wildman–Crippen LogP) is 9.62. The molecule has 0 aromatic heterocycles. The lowest BCUT2D eigenvalue weighted by Gasteiger charge is -2.24. The number of ketones is 2. The molecule has 0 spiro atoms. The molecule has 0 saturated heterocycles. The Bertz CT molecular complexity index is 1430. The number of rotatable bonds is 4. The van der Waals surface area contributed by atoms with Crippen molar-refractivity contribution in [1.82, 2.24) is 0 Å². The molecule has 2 N–H and O–H groups in total. The highest BCUT2D eigenvalue weighted by Crippen LogP contribution is 2.41. The summed E-state index contributed by atoms with van der Waals surface area (Å²) in [4.78, 5) is 27.6. The van der Waals surface area contributed by atoms with E-state index in [9.17, 15) is 9.59 Å². The normalized spacial score (nSPS) is 12.3. The van der Waals surface area contributed by atoms with Crippen LogP contribution in [0.4, 0.5) is 22.7 Å². The second-order valence-electron chi connectivity index (χ2n) is 8.57. The monoisotopic (exact) mass is 730 g/mol. The van der Waals surface area contributed by atoms with Gasteiger partial charge in [-0.15, -0.1) is 0 Å². The van der Waals surface area contributed by atoms with Crippen LogP contribution >= 0.6 is 63.7 Å². The standard InChI is InChI=1S/C28H18Br4N2O2/c1-13-9-17(29)25(18(30)10-13)33-21-7-3-5-15-23(21)27(35)16-6-4-8-22(24(16)28(15)36)34-26-19(31)11-14(2)12-20(26)32/h3-12,33-34H,1-2H3. The summed E-state index contributed by atoms with van der Waals surface area (Å²) in [6.45, 7) is 4.00. The van der Waals surface area contributed by atoms with Crippen LogP contribution in [0, 0.1) is 13.8 Å². The van der Waals surface area contributed by atoms with Gasteiger partial charge in [0.2, 0.25) is 0 Å². The van der Waals surface area contributed by atoms with Gasteiger partial charge in [0.1, 0.15) is 0 Å². The molecule has 4 nitrogen and oxygen atoms in total. The Labute approximate surface area is 242 Å². The summed E-state index contributed by atoms with van der Waals surface area (Å²) in [7, 11) is 0. The molecule has 0 unspecified atom stereocenters. The molecule has 8 heteroatoms. The quantitative estimate of drug-likeness (QED) is 0.193. The van der Waals surface area contributed by atoms with Gasteiger partial charge in [0.05, 0.1) is 33.9 Å². The molecular weight excluding hydrogens is 716 g/mol. The van der Waals surface area contributed by atoms with Crippen molar-refractivity contribution >= 4 is 98.0 Å². The first-order chi connectivity index (χ1) is 17.2. The van der Waals surface area contributed by atoms with Crippen molar-refractivity contribution in [2.75, 3.05) is 10.6 Å². The van der Waals surface area contributed by atoms with E-state index in [1.807, 2.05) is 50.2 Å². The number of benzene rings is 4. The van der Waals surface area contributed by atoms with E-state index in [0.717, 1.165) is 40.4 Å². The number of halogens is 4. The number of aryl methyl sites for hydroxylation is 2. The molecule has 1 aliphatic rings. The van der Waals surface area contributed by atoms with Gasteiger partial charge < -0.3 is 10.6 Å². The third kappa shape index (κ3) is 4.49. The van der Waals surface area contributed by atoms with Gasteiger partial charge in [0.25, 0.3) is 0 Å². The fourth-order valence-corrected chi connectivity index (χ4v) is 7.59. The third-order valence-electron chi connectivity index (χ3n) is 5.96. The molecule has 0 aliphatic heterocycles. The van der Waals surface area contributed by atoms with Crippen LogP contribution < -0.4 is 10.6 Å². The van der Waals surface area contributed by atoms with Crippen LogP contribution in [-0.2, 0) is 0 Å². The van der Waals surface area contributed by atoms with E-state index >= 15 is 0 Å². The second kappa shape index (κ2) is 9.89. The molecule has 0 fully saturated rings. The number of hydrogen-bond acceptors (Lipinski definition) is 4. The first-order valence-electron chi connectivity index (χ1n) is 11.0. The van der Waals surface area contributed by atoms with E-state index in [-0.39, 0.29) is 11.6 Å². The first-order valence-corrected chi connectivity index (χ1v) is 14.1. The Hall–Kier alpha value is -2.26. The zero-order valence-corrected chi connectivity index (χ0v) is 25.4. The molecule has 36 heavy (non-hydrogen) atoms. The molecule has 180 valence electrons. The highest BCUT2D eigenvalue weighted by Gasteiger charge is 2.34. The SMILES string of the molecule is Cc1cc(Br)c(Nc2cccc3c2C(=O)c2cccc(Nc4c(Br)cc(C)cc4Br)c2C3=O)c(Br)c1. The van der Waals surface area contributed by atoms with E-state index in [2.05, 4.69) is 74.4 Å². The summed E-state index contributed by atoms with van der Waals surface area (Å²) >= 11 is 14.4. The molecule has 4 aromatic rings. The van der Waals surface area contributed by atoms with Gasteiger partial charge in [-0.05, 0) is 125 Å². The molecule has 0 amide bonds. The van der Waals surface area contributed by atoms with E-state index in [4.69, 9.17) is 0 Å². The van der Waals surface area contributed by atoms with E-state index in [1.165, 1.54) is 0 Å². The summed E-state index contributed by atoms with van der Waals surface area (Å²) in [5.74, 6) is -0.402. The first kappa shape index (κ1) is 25.4. The lowest BCUT2D eigenvalue weighted by Crippen LogP contribution is -2.23. The molecule has 0 bridgehead atoms. The Morgan fingerprint density at radius 3 is 1.22 bits per heavy atom. The van der Waals surface area contributed by atoms with Crippen molar-refractivity contribution in [1.29, 1.82) is 0 Å². The molecule has 5 rings (SSSR count). The van der Waals surface area contributed by atoms with Crippen LogP contribution in [0.3, 0.4) is 0 Å². The van der Waals surface area contributed by atoms with Crippen molar-refractivity contribution < 1.29 is 9.59 Å². The molecule has 0 atom stereocenters. The zero-order valence-electron chi connectivity index (χ0n) is 19.1. The van der Waals surface area contributed by atoms with E-state index < -0.39 is 0 Å². The van der Waals surface area contributed by atoms with Crippen molar-refractivity contribution in [3.05, 3.63) is 112 Å². The van der Waals surface area contributed by atoms with Crippen LogP contribution in [0.1, 0.15) is 43.0 Å². The molecule has 1 aliphatic carbocycles. The van der Waals surface area contributed by atoms with Crippen molar-refractivity contribution in [3.63, 3.8) is 0 Å². The van der Waals surface area contributed by atoms with Gasteiger partial charge in [-0.2, -0.15) is 0 Å². The smallest absolute Gasteiger partial charge is 0.196 e. The van der Waals surface area contributed by atoms with Crippen LogP contribution in [0.25, 0.3) is 0 Å². The number of fused-ring (bicyclic) bond motifs is 2. The Morgan fingerprint density at radius 1 is 0.556 bits per heavy atom. The summed E-state index contributed by atoms with van der Waals surface area (Å²) in [5.41, 5.74) is 6.35. The maximum absolute atomic E-state index is 13.8. The van der Waals surface area contributed by atoms with Crippen LogP contribution in [-0.4, -0.2) is 11.6 Å². The third-order valence-corrected chi connectivity index (χ3v) is 8.47. The topological polar surface area (TPSA) is 58.2 Å². The number of anilines is 4. The van der Waals surface area contributed by atoms with Gasteiger partial charge in [-0.3, -0.25) is 9.59 Å². The minimum Gasteiger partial charge on any atom is -0.353 e. The summed E-state index contributed by atoms with van der Waals surface area (Å²) in [6.07, 6.45) is 0. The minimum absolute atomic E-state index is 0.201. The largest absolute Gasteiger partial charge is 0.353 e. The van der Waals surface area contributed by atoms with Gasteiger partial charge in [-0.1, -0.05) is 24.3 Å². The Kier molecular flexibility index (Phi) is 6.98. The van der Waals surface area contributed by atoms with Crippen LogP contribution in [0.2, 0.25) is 0 Å². The van der Waals surface area contributed by atoms with Crippen molar-refractivity contribution in [3.8, 4) is 0 Å². The van der Waals surface area contributed by atoms with Crippen molar-refractivity contribution in [2.45, 2.75) is 13.8 Å². The highest BCUT2D eigenvalue weighted by atomic mass is 79.9. The van der Waals surface area contributed by atoms with E-state index in [1.54, 1.807) is 24.3 Å². The van der Waals surface area contributed by atoms with Gasteiger partial charge >= 0.3 is 0 Å². The van der Waals surface area contributed by atoms with Crippen LogP contribution in [0.5, 0.6) is 0 Å². The van der Waals surface area contributed by atoms with Gasteiger partial charge in [-0.25, -0.2) is 0 Å². The number of nitrogens with one attached hydrogen (secondary N) is 2. The maximum atomic E-state index is 13.8. The maximum Gasteiger partial charge on any atom is 0.196 e. The number of carbonyl (C=O) groups is 2. The van der Waals surface area contributed by atoms with Gasteiger partial charge in [0, 0.05) is 29.0 Å². The lowest BCUT2D eigenvalue weighted by molar-refractivity contribution is 0.0980. The molecule has 4 aromatic carbocycles. The summed E-state index contributed by atoms with van der Waals surface area (Å²) < 4.78 is 3.40. The highest BCUT2D eigenvalue weighted by molar-refractivity contribution is 9.11. The zero-order chi connectivity index (χ0) is 25.7. The molecule has 0 radical (unpaired) electrons. The fourth-order valence-electron chi connectivity index (χ4n) is 4.36. The van der Waals surface area contributed by atoms with E-state index in [0.29, 0.717) is 33.6 Å². The Morgan fingerprint density at radius 2 is 0.889 bits per heavy atom. The minimum atomic E-state index is -0.201.